The summed E-state index contributed by atoms with van der Waals surface area (Å²) < 4.78 is 6.55. The molecule has 3 N–H and O–H groups in total. The van der Waals surface area contributed by atoms with Gasteiger partial charge in [-0.1, -0.05) is 27.5 Å². The second-order valence-corrected chi connectivity index (χ2v) is 4.96. The molecule has 0 saturated heterocycles. The quantitative estimate of drug-likeness (QED) is 0.657. The van der Waals surface area contributed by atoms with Crippen LogP contribution in [0.15, 0.2) is 46.9 Å². The number of ether oxygens (including phenoxy) is 1. The van der Waals surface area contributed by atoms with Crippen molar-refractivity contribution in [1.29, 1.82) is 5.41 Å². The number of halogens is 2. The molecule has 0 aliphatic rings. The van der Waals surface area contributed by atoms with Crippen molar-refractivity contribution in [2.75, 3.05) is 0 Å². The Kier molecular flexibility index (Phi) is 3.89. The fraction of sp³-hybridized carbons (Fsp3) is 0. The zero-order chi connectivity index (χ0) is 13.1. The van der Waals surface area contributed by atoms with Crippen molar-refractivity contribution < 1.29 is 4.74 Å². The van der Waals surface area contributed by atoms with Gasteiger partial charge >= 0.3 is 0 Å². The van der Waals surface area contributed by atoms with Crippen LogP contribution >= 0.6 is 27.5 Å². The van der Waals surface area contributed by atoms with E-state index < -0.39 is 0 Å². The van der Waals surface area contributed by atoms with Crippen LogP contribution in [-0.4, -0.2) is 5.84 Å². The number of amidine groups is 1. The molecule has 0 amide bonds. The van der Waals surface area contributed by atoms with Gasteiger partial charge in [-0.25, -0.2) is 0 Å². The van der Waals surface area contributed by atoms with Crippen molar-refractivity contribution in [3.8, 4) is 11.5 Å². The van der Waals surface area contributed by atoms with Crippen LogP contribution in [0.2, 0.25) is 5.02 Å². The summed E-state index contributed by atoms with van der Waals surface area (Å²) in [7, 11) is 0. The number of nitrogen functional groups attached to an aromatic ring is 1. The topological polar surface area (TPSA) is 59.1 Å². The molecule has 2 aromatic carbocycles. The van der Waals surface area contributed by atoms with Crippen LogP contribution in [-0.2, 0) is 0 Å². The molecule has 0 aliphatic carbocycles. The minimum Gasteiger partial charge on any atom is -0.457 e. The maximum absolute atomic E-state index is 7.51. The van der Waals surface area contributed by atoms with Gasteiger partial charge in [0, 0.05) is 9.50 Å². The third-order valence-corrected chi connectivity index (χ3v) is 3.02. The van der Waals surface area contributed by atoms with Crippen LogP contribution in [0.3, 0.4) is 0 Å². The first-order valence-electron chi connectivity index (χ1n) is 5.13. The summed E-state index contributed by atoms with van der Waals surface area (Å²) in [5.41, 5.74) is 6.06. The molecule has 5 heteroatoms. The van der Waals surface area contributed by atoms with Crippen LogP contribution in [0.1, 0.15) is 5.56 Å². The van der Waals surface area contributed by atoms with E-state index in [1.54, 1.807) is 36.4 Å². The van der Waals surface area contributed by atoms with Crippen molar-refractivity contribution in [2.45, 2.75) is 0 Å². The van der Waals surface area contributed by atoms with E-state index in [1.807, 2.05) is 6.07 Å². The highest BCUT2D eigenvalue weighted by atomic mass is 79.9. The first-order chi connectivity index (χ1) is 8.56. The maximum Gasteiger partial charge on any atom is 0.139 e. The minimum atomic E-state index is -0.0357. The van der Waals surface area contributed by atoms with Crippen molar-refractivity contribution >= 4 is 33.4 Å². The third-order valence-electron chi connectivity index (χ3n) is 2.28. The first kappa shape index (κ1) is 12.9. The predicted octanol–water partition coefficient (Wildman–Crippen LogP) is 4.18. The molecule has 3 nitrogen and oxygen atoms in total. The summed E-state index contributed by atoms with van der Waals surface area (Å²) in [4.78, 5) is 0. The van der Waals surface area contributed by atoms with E-state index in [-0.39, 0.29) is 5.84 Å². The van der Waals surface area contributed by atoms with Gasteiger partial charge in [-0.2, -0.15) is 0 Å². The molecule has 2 rings (SSSR count). The highest BCUT2D eigenvalue weighted by Crippen LogP contribution is 2.29. The van der Waals surface area contributed by atoms with Gasteiger partial charge in [-0.15, -0.1) is 0 Å². The summed E-state index contributed by atoms with van der Waals surface area (Å²) in [5, 5.41) is 8.15. The monoisotopic (exact) mass is 324 g/mol. The molecule has 0 bridgehead atoms. The molecular formula is C13H10BrClN2O. The molecule has 0 spiro atoms. The summed E-state index contributed by atoms with van der Waals surface area (Å²) in [6.45, 7) is 0. The highest BCUT2D eigenvalue weighted by molar-refractivity contribution is 9.10. The lowest BCUT2D eigenvalue weighted by molar-refractivity contribution is 0.481. The molecule has 0 heterocycles. The second kappa shape index (κ2) is 5.42. The molecule has 0 radical (unpaired) electrons. The molecule has 92 valence electrons. The van der Waals surface area contributed by atoms with Gasteiger partial charge in [0.2, 0.25) is 0 Å². The molecule has 0 saturated carbocycles. The van der Waals surface area contributed by atoms with Gasteiger partial charge in [-0.3, -0.25) is 5.41 Å². The molecular weight excluding hydrogens is 316 g/mol. The molecule has 0 fully saturated rings. The van der Waals surface area contributed by atoms with E-state index in [0.29, 0.717) is 22.1 Å². The molecule has 0 aliphatic heterocycles. The fourth-order valence-corrected chi connectivity index (χ4v) is 1.90. The summed E-state index contributed by atoms with van der Waals surface area (Å²) >= 11 is 9.16. The predicted molar refractivity (Wildman–Crippen MR) is 76.7 cm³/mol. The molecule has 0 aromatic heterocycles. The smallest absolute Gasteiger partial charge is 0.139 e. The maximum atomic E-state index is 7.51. The van der Waals surface area contributed by atoms with Gasteiger partial charge < -0.3 is 10.5 Å². The van der Waals surface area contributed by atoms with Crippen LogP contribution < -0.4 is 10.5 Å². The highest BCUT2D eigenvalue weighted by Gasteiger charge is 2.08. The van der Waals surface area contributed by atoms with E-state index >= 15 is 0 Å². The average molecular weight is 326 g/mol. The SMILES string of the molecule is N=C(N)c1ccc(Br)cc1Oc1ccc(Cl)cc1. The number of rotatable bonds is 3. The minimum absolute atomic E-state index is 0.0357. The molecule has 18 heavy (non-hydrogen) atoms. The lowest BCUT2D eigenvalue weighted by Gasteiger charge is -2.10. The fourth-order valence-electron chi connectivity index (χ4n) is 1.43. The Morgan fingerprint density at radius 3 is 2.44 bits per heavy atom. The van der Waals surface area contributed by atoms with Gasteiger partial charge in [0.1, 0.15) is 17.3 Å². The lowest BCUT2D eigenvalue weighted by Crippen LogP contribution is -2.12. The number of hydrogen-bond donors (Lipinski definition) is 2. The zero-order valence-electron chi connectivity index (χ0n) is 9.28. The lowest BCUT2D eigenvalue weighted by atomic mass is 10.2. The van der Waals surface area contributed by atoms with Crippen molar-refractivity contribution in [3.05, 3.63) is 57.5 Å². The molecule has 0 unspecified atom stereocenters. The van der Waals surface area contributed by atoms with Crippen molar-refractivity contribution in [1.82, 2.24) is 0 Å². The van der Waals surface area contributed by atoms with Crippen molar-refractivity contribution in [2.24, 2.45) is 5.73 Å². The molecule has 0 atom stereocenters. The van der Waals surface area contributed by atoms with Crippen LogP contribution in [0, 0.1) is 5.41 Å². The van der Waals surface area contributed by atoms with E-state index in [0.717, 1.165) is 4.47 Å². The van der Waals surface area contributed by atoms with Gasteiger partial charge in [0.05, 0.1) is 5.56 Å². The van der Waals surface area contributed by atoms with Gasteiger partial charge in [-0.05, 0) is 42.5 Å². The molecule has 2 aromatic rings. The first-order valence-corrected chi connectivity index (χ1v) is 6.31. The van der Waals surface area contributed by atoms with E-state index in [4.69, 9.17) is 27.5 Å². The number of hydrogen-bond acceptors (Lipinski definition) is 2. The van der Waals surface area contributed by atoms with E-state index in [2.05, 4.69) is 15.9 Å². The van der Waals surface area contributed by atoms with E-state index in [1.165, 1.54) is 0 Å². The van der Waals surface area contributed by atoms with Gasteiger partial charge in [0.15, 0.2) is 0 Å². The summed E-state index contributed by atoms with van der Waals surface area (Å²) in [6, 6.07) is 12.3. The average Bonchev–Trinajstić information content (AvgIpc) is 2.32. The van der Waals surface area contributed by atoms with E-state index in [9.17, 15) is 0 Å². The number of nitrogens with two attached hydrogens (primary N) is 1. The third kappa shape index (κ3) is 3.03. The second-order valence-electron chi connectivity index (χ2n) is 3.61. The Balaban J connectivity index is 2.35. The largest absolute Gasteiger partial charge is 0.457 e. The number of nitrogens with one attached hydrogen (secondary N) is 1. The summed E-state index contributed by atoms with van der Waals surface area (Å²) in [6.07, 6.45) is 0. The Bertz CT molecular complexity index is 584. The number of benzene rings is 2. The standard InChI is InChI=1S/C13H10BrClN2O/c14-8-1-6-11(13(16)17)12(7-8)18-10-4-2-9(15)3-5-10/h1-7H,(H3,16,17). The zero-order valence-corrected chi connectivity index (χ0v) is 11.6. The van der Waals surface area contributed by atoms with Crippen LogP contribution in [0.4, 0.5) is 0 Å². The van der Waals surface area contributed by atoms with Crippen LogP contribution in [0.25, 0.3) is 0 Å². The summed E-state index contributed by atoms with van der Waals surface area (Å²) in [5.74, 6) is 1.13. The Morgan fingerprint density at radius 2 is 1.83 bits per heavy atom. The Morgan fingerprint density at radius 1 is 1.17 bits per heavy atom. The van der Waals surface area contributed by atoms with Crippen LogP contribution in [0.5, 0.6) is 11.5 Å². The Labute approximate surface area is 118 Å². The van der Waals surface area contributed by atoms with Gasteiger partial charge in [0.25, 0.3) is 0 Å². The normalized spacial score (nSPS) is 10.1. The van der Waals surface area contributed by atoms with Crippen molar-refractivity contribution in [3.63, 3.8) is 0 Å². The Hall–Kier alpha value is -1.52.